The van der Waals surface area contributed by atoms with E-state index in [2.05, 4.69) is 10.6 Å². The highest BCUT2D eigenvalue weighted by atomic mass is 16.2. The zero-order chi connectivity index (χ0) is 21.8. The Labute approximate surface area is 180 Å². The molecule has 3 aromatic rings. The smallest absolute Gasteiger partial charge is 0.325 e. The summed E-state index contributed by atoms with van der Waals surface area (Å²) in [5.74, 6) is -0.871. The number of benzene rings is 3. The third-order valence-corrected chi connectivity index (χ3v) is 5.36. The Morgan fingerprint density at radius 1 is 0.935 bits per heavy atom. The molecule has 0 unspecified atom stereocenters. The normalized spacial score (nSPS) is 18.0. The predicted molar refractivity (Wildman–Crippen MR) is 118 cm³/mol. The van der Waals surface area contributed by atoms with Crippen molar-refractivity contribution in [3.05, 3.63) is 102 Å². The largest absolute Gasteiger partial charge is 0.325 e. The average molecular weight is 413 g/mol. The average Bonchev–Trinajstić information content (AvgIpc) is 3.00. The molecule has 31 heavy (non-hydrogen) atoms. The molecule has 1 saturated heterocycles. The van der Waals surface area contributed by atoms with Crippen LogP contribution in [0.3, 0.4) is 0 Å². The summed E-state index contributed by atoms with van der Waals surface area (Å²) in [6.45, 7) is 1.56. The van der Waals surface area contributed by atoms with Crippen LogP contribution in [-0.4, -0.2) is 29.3 Å². The second-order valence-electron chi connectivity index (χ2n) is 7.67. The minimum atomic E-state index is -1.26. The minimum Gasteiger partial charge on any atom is -0.325 e. The molecule has 3 aromatic carbocycles. The lowest BCUT2D eigenvalue weighted by Crippen LogP contribution is -2.46. The van der Waals surface area contributed by atoms with E-state index in [0.29, 0.717) is 17.7 Å². The van der Waals surface area contributed by atoms with Gasteiger partial charge in [0.15, 0.2) is 5.54 Å². The number of hydrogen-bond acceptors (Lipinski definition) is 3. The number of aryl methyl sites for hydroxylation is 1. The summed E-state index contributed by atoms with van der Waals surface area (Å²) in [5.41, 5.74) is 1.95. The van der Waals surface area contributed by atoms with Gasteiger partial charge in [0, 0.05) is 12.1 Å². The van der Waals surface area contributed by atoms with Gasteiger partial charge in [-0.15, -0.1) is 0 Å². The molecule has 0 aromatic heterocycles. The van der Waals surface area contributed by atoms with Crippen molar-refractivity contribution < 1.29 is 14.4 Å². The fraction of sp³-hybridized carbons (Fsp3) is 0.160. The van der Waals surface area contributed by atoms with Gasteiger partial charge in [-0.1, -0.05) is 72.8 Å². The molecule has 0 aliphatic carbocycles. The molecular formula is C25H23N3O3. The van der Waals surface area contributed by atoms with E-state index < -0.39 is 23.4 Å². The Kier molecular flexibility index (Phi) is 5.54. The van der Waals surface area contributed by atoms with Crippen LogP contribution in [0.2, 0.25) is 0 Å². The van der Waals surface area contributed by atoms with E-state index in [9.17, 15) is 14.4 Å². The monoisotopic (exact) mass is 413 g/mol. The molecule has 156 valence electrons. The van der Waals surface area contributed by atoms with E-state index in [0.717, 1.165) is 16.0 Å². The second-order valence-corrected chi connectivity index (χ2v) is 7.67. The number of nitrogens with one attached hydrogen (secondary N) is 2. The maximum atomic E-state index is 13.5. The van der Waals surface area contributed by atoms with E-state index in [1.54, 1.807) is 6.07 Å². The molecule has 0 saturated carbocycles. The molecule has 0 spiro atoms. The zero-order valence-electron chi connectivity index (χ0n) is 17.2. The van der Waals surface area contributed by atoms with Gasteiger partial charge >= 0.3 is 6.03 Å². The predicted octanol–water partition coefficient (Wildman–Crippen LogP) is 3.62. The van der Waals surface area contributed by atoms with Gasteiger partial charge in [-0.25, -0.2) is 4.79 Å². The summed E-state index contributed by atoms with van der Waals surface area (Å²) in [5, 5.41) is 5.62. The third-order valence-electron chi connectivity index (χ3n) is 5.36. The summed E-state index contributed by atoms with van der Waals surface area (Å²) in [7, 11) is 0. The van der Waals surface area contributed by atoms with Crippen LogP contribution in [0.5, 0.6) is 0 Å². The van der Waals surface area contributed by atoms with Crippen molar-refractivity contribution >= 4 is 23.5 Å². The van der Waals surface area contributed by atoms with Crippen LogP contribution < -0.4 is 10.6 Å². The first-order valence-corrected chi connectivity index (χ1v) is 10.1. The Bertz CT molecular complexity index is 1120. The van der Waals surface area contributed by atoms with Crippen molar-refractivity contribution in [2.45, 2.75) is 18.9 Å². The van der Waals surface area contributed by atoms with Gasteiger partial charge in [-0.3, -0.25) is 14.5 Å². The minimum absolute atomic E-state index is 0.290. The highest BCUT2D eigenvalue weighted by molar-refractivity contribution is 6.10. The zero-order valence-corrected chi connectivity index (χ0v) is 17.2. The molecule has 1 aliphatic rings. The van der Waals surface area contributed by atoms with Crippen LogP contribution in [0.1, 0.15) is 16.7 Å². The molecule has 0 bridgehead atoms. The maximum Gasteiger partial charge on any atom is 0.325 e. The molecule has 1 fully saturated rings. The van der Waals surface area contributed by atoms with Gasteiger partial charge in [-0.2, -0.15) is 0 Å². The van der Waals surface area contributed by atoms with Crippen molar-refractivity contribution in [1.82, 2.24) is 10.2 Å². The summed E-state index contributed by atoms with van der Waals surface area (Å²) in [6, 6.07) is 25.4. The highest BCUT2D eigenvalue weighted by Gasteiger charge is 2.52. The Balaban J connectivity index is 1.60. The van der Waals surface area contributed by atoms with Crippen LogP contribution in [0.4, 0.5) is 10.5 Å². The molecule has 4 rings (SSSR count). The number of carbonyl (C=O) groups excluding carboxylic acids is 3. The van der Waals surface area contributed by atoms with Crippen LogP contribution in [0.15, 0.2) is 84.9 Å². The van der Waals surface area contributed by atoms with Gasteiger partial charge in [0.2, 0.25) is 5.91 Å². The fourth-order valence-electron chi connectivity index (χ4n) is 3.88. The molecule has 1 heterocycles. The Morgan fingerprint density at radius 3 is 2.29 bits per heavy atom. The Morgan fingerprint density at radius 2 is 1.61 bits per heavy atom. The third kappa shape index (κ3) is 4.19. The van der Waals surface area contributed by atoms with Gasteiger partial charge in [0.05, 0.1) is 0 Å². The standard InChI is InChI=1S/C25H23N3O3/c1-18-9-8-14-21(15-18)26-22(29)17-28-23(30)25(27-24(28)31,20-12-6-3-7-13-20)16-19-10-4-2-5-11-19/h2-15H,16-17H2,1H3,(H,26,29)(H,27,31)/t25-/m0/s1. The van der Waals surface area contributed by atoms with Crippen molar-refractivity contribution in [2.75, 3.05) is 11.9 Å². The summed E-state index contributed by atoms with van der Waals surface area (Å²) >= 11 is 0. The number of urea groups is 1. The van der Waals surface area contributed by atoms with Crippen molar-refractivity contribution in [1.29, 1.82) is 0 Å². The molecule has 1 atom stereocenters. The fourth-order valence-corrected chi connectivity index (χ4v) is 3.88. The molecule has 6 heteroatoms. The molecule has 1 aliphatic heterocycles. The number of rotatable bonds is 6. The van der Waals surface area contributed by atoms with Gasteiger partial charge in [0.1, 0.15) is 6.54 Å². The number of imide groups is 1. The van der Waals surface area contributed by atoms with E-state index in [1.807, 2.05) is 85.8 Å². The molecule has 0 radical (unpaired) electrons. The van der Waals surface area contributed by atoms with Gasteiger partial charge < -0.3 is 10.6 Å². The number of nitrogens with zero attached hydrogens (tertiary/aromatic N) is 1. The van der Waals surface area contributed by atoms with Crippen molar-refractivity contribution in [3.63, 3.8) is 0 Å². The van der Waals surface area contributed by atoms with Crippen LogP contribution in [0, 0.1) is 6.92 Å². The lowest BCUT2D eigenvalue weighted by atomic mass is 9.83. The summed E-state index contributed by atoms with van der Waals surface area (Å²) in [4.78, 5) is 39.9. The first-order chi connectivity index (χ1) is 15.0. The van der Waals surface area contributed by atoms with E-state index in [1.165, 1.54) is 0 Å². The van der Waals surface area contributed by atoms with E-state index in [-0.39, 0.29) is 6.54 Å². The van der Waals surface area contributed by atoms with Gasteiger partial charge in [-0.05, 0) is 35.7 Å². The van der Waals surface area contributed by atoms with Gasteiger partial charge in [0.25, 0.3) is 5.91 Å². The second kappa shape index (κ2) is 8.44. The van der Waals surface area contributed by atoms with Crippen molar-refractivity contribution in [2.24, 2.45) is 0 Å². The molecular weight excluding hydrogens is 390 g/mol. The number of hydrogen-bond donors (Lipinski definition) is 2. The Hall–Kier alpha value is -3.93. The lowest BCUT2D eigenvalue weighted by molar-refractivity contribution is -0.134. The molecule has 6 nitrogen and oxygen atoms in total. The quantitative estimate of drug-likeness (QED) is 0.606. The number of amides is 4. The number of carbonyl (C=O) groups is 3. The van der Waals surface area contributed by atoms with Crippen molar-refractivity contribution in [3.8, 4) is 0 Å². The van der Waals surface area contributed by atoms with Crippen LogP contribution in [-0.2, 0) is 21.5 Å². The molecule has 2 N–H and O–H groups in total. The summed E-state index contributed by atoms with van der Waals surface area (Å²) in [6.07, 6.45) is 0.290. The topological polar surface area (TPSA) is 78.5 Å². The molecule has 4 amide bonds. The lowest BCUT2D eigenvalue weighted by Gasteiger charge is -2.27. The maximum absolute atomic E-state index is 13.5. The first-order valence-electron chi connectivity index (χ1n) is 10.1. The SMILES string of the molecule is Cc1cccc(NC(=O)CN2C(=O)N[C@@](Cc3ccccc3)(c3ccccc3)C2=O)c1. The van der Waals surface area contributed by atoms with E-state index >= 15 is 0 Å². The van der Waals surface area contributed by atoms with Crippen LogP contribution >= 0.6 is 0 Å². The summed E-state index contributed by atoms with van der Waals surface area (Å²) < 4.78 is 0. The highest BCUT2D eigenvalue weighted by Crippen LogP contribution is 2.33. The number of anilines is 1. The first kappa shape index (κ1) is 20.3. The van der Waals surface area contributed by atoms with Crippen LogP contribution in [0.25, 0.3) is 0 Å². The van der Waals surface area contributed by atoms with E-state index in [4.69, 9.17) is 0 Å².